The van der Waals surface area contributed by atoms with Gasteiger partial charge in [-0.15, -0.1) is 0 Å². The second-order valence-corrected chi connectivity index (χ2v) is 5.92. The fraction of sp³-hybridized carbons (Fsp3) is 0.211. The molecular formula is C19H19N3O. The fourth-order valence-electron chi connectivity index (χ4n) is 2.42. The van der Waals surface area contributed by atoms with E-state index < -0.39 is 0 Å². The average molecular weight is 305 g/mol. The Morgan fingerprint density at radius 2 is 2.00 bits per heavy atom. The summed E-state index contributed by atoms with van der Waals surface area (Å²) >= 11 is 0. The third-order valence-electron chi connectivity index (χ3n) is 3.59. The maximum absolute atomic E-state index is 12.6. The summed E-state index contributed by atoms with van der Waals surface area (Å²) in [5.41, 5.74) is 3.11. The standard InChI is InChI=1S/C19H19N3O/c1-13(2)11-21-19(23)16-10-18(14-6-5-9-20-12-14)22-17-8-4-3-7-15(16)17/h3-10,12-13H,11H2,1-2H3,(H,21,23). The Morgan fingerprint density at radius 1 is 1.17 bits per heavy atom. The molecule has 4 heteroatoms. The number of hydrogen-bond acceptors (Lipinski definition) is 3. The highest BCUT2D eigenvalue weighted by Gasteiger charge is 2.14. The normalized spacial score (nSPS) is 10.9. The first-order chi connectivity index (χ1) is 11.1. The average Bonchev–Trinajstić information content (AvgIpc) is 2.59. The van der Waals surface area contributed by atoms with Gasteiger partial charge in [0.05, 0.1) is 16.8 Å². The number of hydrogen-bond donors (Lipinski definition) is 1. The smallest absolute Gasteiger partial charge is 0.252 e. The van der Waals surface area contributed by atoms with E-state index in [1.54, 1.807) is 12.4 Å². The Hall–Kier alpha value is -2.75. The molecule has 0 fully saturated rings. The van der Waals surface area contributed by atoms with Gasteiger partial charge in [0.15, 0.2) is 0 Å². The molecule has 0 saturated heterocycles. The molecule has 0 unspecified atom stereocenters. The van der Waals surface area contributed by atoms with Gasteiger partial charge < -0.3 is 5.32 Å². The molecule has 1 aromatic carbocycles. The minimum atomic E-state index is -0.0672. The van der Waals surface area contributed by atoms with Crippen molar-refractivity contribution in [2.45, 2.75) is 13.8 Å². The van der Waals surface area contributed by atoms with Crippen LogP contribution in [0.25, 0.3) is 22.2 Å². The molecule has 3 aromatic rings. The lowest BCUT2D eigenvalue weighted by Gasteiger charge is -2.11. The van der Waals surface area contributed by atoms with Gasteiger partial charge in [-0.05, 0) is 30.2 Å². The Morgan fingerprint density at radius 3 is 2.74 bits per heavy atom. The van der Waals surface area contributed by atoms with E-state index in [4.69, 9.17) is 0 Å². The summed E-state index contributed by atoms with van der Waals surface area (Å²) in [7, 11) is 0. The van der Waals surface area contributed by atoms with Gasteiger partial charge in [-0.25, -0.2) is 4.98 Å². The molecule has 0 saturated carbocycles. The molecular weight excluding hydrogens is 286 g/mol. The van der Waals surface area contributed by atoms with E-state index in [1.165, 1.54) is 0 Å². The molecule has 1 N–H and O–H groups in total. The summed E-state index contributed by atoms with van der Waals surface area (Å²) in [6, 6.07) is 13.4. The van der Waals surface area contributed by atoms with E-state index >= 15 is 0 Å². The number of benzene rings is 1. The highest BCUT2D eigenvalue weighted by atomic mass is 16.1. The van der Waals surface area contributed by atoms with Crippen LogP contribution in [0.15, 0.2) is 54.9 Å². The predicted molar refractivity (Wildman–Crippen MR) is 92.1 cm³/mol. The van der Waals surface area contributed by atoms with Crippen LogP contribution in [0.5, 0.6) is 0 Å². The van der Waals surface area contributed by atoms with Crippen LogP contribution in [0.4, 0.5) is 0 Å². The van der Waals surface area contributed by atoms with Crippen LogP contribution in [-0.4, -0.2) is 22.4 Å². The zero-order valence-electron chi connectivity index (χ0n) is 13.3. The molecule has 0 radical (unpaired) electrons. The van der Waals surface area contributed by atoms with Crippen molar-refractivity contribution in [3.63, 3.8) is 0 Å². The lowest BCUT2D eigenvalue weighted by molar-refractivity contribution is 0.0950. The van der Waals surface area contributed by atoms with Gasteiger partial charge >= 0.3 is 0 Å². The number of carbonyl (C=O) groups excluding carboxylic acids is 1. The summed E-state index contributed by atoms with van der Waals surface area (Å²) in [5.74, 6) is 0.340. The van der Waals surface area contributed by atoms with Gasteiger partial charge in [-0.2, -0.15) is 0 Å². The van der Waals surface area contributed by atoms with Gasteiger partial charge in [0.1, 0.15) is 0 Å². The van der Waals surface area contributed by atoms with Gasteiger partial charge in [0.2, 0.25) is 0 Å². The highest BCUT2D eigenvalue weighted by Crippen LogP contribution is 2.24. The van der Waals surface area contributed by atoms with Crippen molar-refractivity contribution in [1.29, 1.82) is 0 Å². The summed E-state index contributed by atoms with van der Waals surface area (Å²) in [6.45, 7) is 4.80. The van der Waals surface area contributed by atoms with Crippen LogP contribution in [0.3, 0.4) is 0 Å². The van der Waals surface area contributed by atoms with E-state index in [9.17, 15) is 4.79 Å². The zero-order chi connectivity index (χ0) is 16.2. The number of nitrogens with one attached hydrogen (secondary N) is 1. The topological polar surface area (TPSA) is 54.9 Å². The molecule has 0 aliphatic rings. The van der Waals surface area contributed by atoms with E-state index in [2.05, 4.69) is 29.1 Å². The van der Waals surface area contributed by atoms with Gasteiger partial charge in [0.25, 0.3) is 5.91 Å². The molecule has 0 bridgehead atoms. The first kappa shape index (κ1) is 15.2. The fourth-order valence-corrected chi connectivity index (χ4v) is 2.42. The SMILES string of the molecule is CC(C)CNC(=O)c1cc(-c2cccnc2)nc2ccccc12. The largest absolute Gasteiger partial charge is 0.352 e. The van der Waals surface area contributed by atoms with Crippen LogP contribution in [0.1, 0.15) is 24.2 Å². The number of rotatable bonds is 4. The maximum atomic E-state index is 12.6. The molecule has 0 aliphatic carbocycles. The number of para-hydroxylation sites is 1. The zero-order valence-corrected chi connectivity index (χ0v) is 13.3. The van der Waals surface area contributed by atoms with Crippen LogP contribution in [0, 0.1) is 5.92 Å². The lowest BCUT2D eigenvalue weighted by atomic mass is 10.0. The first-order valence-electron chi connectivity index (χ1n) is 7.73. The van der Waals surface area contributed by atoms with Crippen LogP contribution < -0.4 is 5.32 Å². The molecule has 116 valence electrons. The Balaban J connectivity index is 2.09. The Bertz CT molecular complexity index is 828. The van der Waals surface area contributed by atoms with Crippen LogP contribution >= 0.6 is 0 Å². The highest BCUT2D eigenvalue weighted by molar-refractivity contribution is 6.07. The summed E-state index contributed by atoms with van der Waals surface area (Å²) < 4.78 is 0. The molecule has 2 heterocycles. The van der Waals surface area contributed by atoms with Crippen LogP contribution in [-0.2, 0) is 0 Å². The number of fused-ring (bicyclic) bond motifs is 1. The van der Waals surface area contributed by atoms with Crippen molar-refractivity contribution in [2.24, 2.45) is 5.92 Å². The van der Waals surface area contributed by atoms with E-state index in [0.29, 0.717) is 18.0 Å². The number of amides is 1. The predicted octanol–water partition coefficient (Wildman–Crippen LogP) is 3.68. The maximum Gasteiger partial charge on any atom is 0.252 e. The van der Waals surface area contributed by atoms with Crippen molar-refractivity contribution >= 4 is 16.8 Å². The monoisotopic (exact) mass is 305 g/mol. The third kappa shape index (κ3) is 3.37. The molecule has 23 heavy (non-hydrogen) atoms. The van der Waals surface area contributed by atoms with Crippen molar-refractivity contribution in [3.8, 4) is 11.3 Å². The van der Waals surface area contributed by atoms with E-state index in [1.807, 2.05) is 42.5 Å². The first-order valence-corrected chi connectivity index (χ1v) is 7.73. The summed E-state index contributed by atoms with van der Waals surface area (Å²) in [5, 5.41) is 3.85. The summed E-state index contributed by atoms with van der Waals surface area (Å²) in [4.78, 5) is 21.4. The molecule has 0 spiro atoms. The molecule has 4 nitrogen and oxygen atoms in total. The van der Waals surface area contributed by atoms with Gasteiger partial charge in [0, 0.05) is 29.9 Å². The number of carbonyl (C=O) groups is 1. The Labute approximate surface area is 135 Å². The summed E-state index contributed by atoms with van der Waals surface area (Å²) in [6.07, 6.45) is 3.48. The quantitative estimate of drug-likeness (QED) is 0.800. The molecule has 0 aliphatic heterocycles. The Kier molecular flexibility index (Phi) is 4.33. The second kappa shape index (κ2) is 6.57. The van der Waals surface area contributed by atoms with Gasteiger partial charge in [-0.1, -0.05) is 32.0 Å². The van der Waals surface area contributed by atoms with E-state index in [0.717, 1.165) is 22.2 Å². The van der Waals surface area contributed by atoms with Gasteiger partial charge in [-0.3, -0.25) is 9.78 Å². The van der Waals surface area contributed by atoms with Crippen LogP contribution in [0.2, 0.25) is 0 Å². The second-order valence-electron chi connectivity index (χ2n) is 5.92. The van der Waals surface area contributed by atoms with Crippen molar-refractivity contribution < 1.29 is 4.79 Å². The molecule has 2 aromatic heterocycles. The minimum absolute atomic E-state index is 0.0672. The number of nitrogens with zero attached hydrogens (tertiary/aromatic N) is 2. The van der Waals surface area contributed by atoms with Crippen molar-refractivity contribution in [1.82, 2.24) is 15.3 Å². The molecule has 1 amide bonds. The van der Waals surface area contributed by atoms with Crippen molar-refractivity contribution in [3.05, 3.63) is 60.4 Å². The third-order valence-corrected chi connectivity index (χ3v) is 3.59. The molecule has 0 atom stereocenters. The van der Waals surface area contributed by atoms with Crippen molar-refractivity contribution in [2.75, 3.05) is 6.54 Å². The molecule has 3 rings (SSSR count). The number of pyridine rings is 2. The van der Waals surface area contributed by atoms with E-state index in [-0.39, 0.29) is 5.91 Å². The lowest BCUT2D eigenvalue weighted by Crippen LogP contribution is -2.27. The minimum Gasteiger partial charge on any atom is -0.352 e. The number of aromatic nitrogens is 2.